The van der Waals surface area contributed by atoms with Gasteiger partial charge >= 0.3 is 0 Å². The molecule has 5 rings (SSSR count). The SMILES string of the molecule is CCn1c(=O)/c(=C2\Sc3cc(C)ccc3N2C)s/c1=C\c1scc[n+]1CCc1ccccc1Cl.[Cl-]. The first-order valence-corrected chi connectivity index (χ1v) is 14.0. The van der Waals surface area contributed by atoms with Crippen LogP contribution in [-0.2, 0) is 19.5 Å². The number of nitrogens with zero attached hydrogens (tertiary/aromatic N) is 3. The zero-order chi connectivity index (χ0) is 23.8. The first-order valence-electron chi connectivity index (χ1n) is 11.1. The molecule has 1 aliphatic heterocycles. The number of anilines is 1. The summed E-state index contributed by atoms with van der Waals surface area (Å²) in [5.41, 5.74) is 3.61. The quantitative estimate of drug-likeness (QED) is 0.347. The molecule has 9 heteroatoms. The van der Waals surface area contributed by atoms with Crippen molar-refractivity contribution in [3.05, 3.63) is 94.7 Å². The Morgan fingerprint density at radius 3 is 2.74 bits per heavy atom. The zero-order valence-electron chi connectivity index (χ0n) is 19.6. The molecule has 3 heterocycles. The van der Waals surface area contributed by atoms with E-state index < -0.39 is 0 Å². The third-order valence-electron chi connectivity index (χ3n) is 5.95. The second kappa shape index (κ2) is 10.9. The largest absolute Gasteiger partial charge is 1.00 e. The highest BCUT2D eigenvalue weighted by Crippen LogP contribution is 2.45. The normalized spacial score (nSPS) is 14.9. The van der Waals surface area contributed by atoms with Crippen LogP contribution >= 0.6 is 46.0 Å². The van der Waals surface area contributed by atoms with E-state index in [1.165, 1.54) is 10.5 Å². The highest BCUT2D eigenvalue weighted by molar-refractivity contribution is 8.08. The fourth-order valence-corrected chi connectivity index (χ4v) is 7.76. The molecule has 2 aromatic heterocycles. The molecule has 2 aromatic carbocycles. The molecule has 0 bridgehead atoms. The molecule has 1 aliphatic rings. The molecule has 0 aliphatic carbocycles. The highest BCUT2D eigenvalue weighted by atomic mass is 35.5. The van der Waals surface area contributed by atoms with Crippen molar-refractivity contribution in [1.82, 2.24) is 4.57 Å². The molecule has 0 fully saturated rings. The summed E-state index contributed by atoms with van der Waals surface area (Å²) in [7, 11) is 2.05. The van der Waals surface area contributed by atoms with E-state index in [1.54, 1.807) is 34.4 Å². The van der Waals surface area contributed by atoms with Crippen LogP contribution in [0.5, 0.6) is 0 Å². The summed E-state index contributed by atoms with van der Waals surface area (Å²) in [6.45, 7) is 5.60. The van der Waals surface area contributed by atoms with E-state index in [0.717, 1.165) is 48.5 Å². The highest BCUT2D eigenvalue weighted by Gasteiger charge is 2.25. The number of hydrogen-bond donors (Lipinski definition) is 0. The average molecular weight is 563 g/mol. The molecular weight excluding hydrogens is 537 g/mol. The maximum atomic E-state index is 13.4. The summed E-state index contributed by atoms with van der Waals surface area (Å²) >= 11 is 11.3. The van der Waals surface area contributed by atoms with Gasteiger partial charge in [-0.1, -0.05) is 59.0 Å². The van der Waals surface area contributed by atoms with Crippen molar-refractivity contribution in [2.45, 2.75) is 38.3 Å². The summed E-state index contributed by atoms with van der Waals surface area (Å²) in [4.78, 5) is 16.8. The smallest absolute Gasteiger partial charge is 0.271 e. The second-order valence-electron chi connectivity index (χ2n) is 8.18. The molecular formula is C26H25Cl2N3OS3. The number of rotatable bonds is 5. The molecule has 0 amide bonds. The van der Waals surface area contributed by atoms with Gasteiger partial charge in [0.25, 0.3) is 10.6 Å². The van der Waals surface area contributed by atoms with Gasteiger partial charge in [-0.3, -0.25) is 9.36 Å². The monoisotopic (exact) mass is 561 g/mol. The standard InChI is InChI=1S/C26H25ClN3OS3.ClH/c1-4-30-23(16-22-29(13-14-32-22)12-11-18-7-5-6-8-19(18)27)34-24(25(30)31)26-28(3)20-10-9-17(2)15-21(20)33-26;/h5-10,13-16H,4,11-12H2,1-3H3;1H/q+1;/p-1/b26-24+;. The minimum atomic E-state index is 0. The third-order valence-corrected chi connectivity index (χ3v) is 9.64. The van der Waals surface area contributed by atoms with Crippen LogP contribution in [0.15, 0.2) is 63.7 Å². The number of halogens is 2. The summed E-state index contributed by atoms with van der Waals surface area (Å²) in [6, 6.07) is 14.4. The van der Waals surface area contributed by atoms with E-state index in [0.29, 0.717) is 6.54 Å². The third kappa shape index (κ3) is 5.11. The topological polar surface area (TPSA) is 29.1 Å². The number of thiazole rings is 2. The molecule has 0 radical (unpaired) electrons. The van der Waals surface area contributed by atoms with Gasteiger partial charge in [0.2, 0.25) is 0 Å². The van der Waals surface area contributed by atoms with Crippen molar-refractivity contribution in [2.75, 3.05) is 11.9 Å². The van der Waals surface area contributed by atoms with Crippen molar-refractivity contribution >= 4 is 62.8 Å². The molecule has 4 aromatic rings. The molecule has 0 atom stereocenters. The van der Waals surface area contributed by atoms with E-state index in [-0.39, 0.29) is 18.0 Å². The molecule has 0 N–H and O–H groups in total. The van der Waals surface area contributed by atoms with E-state index in [9.17, 15) is 4.79 Å². The van der Waals surface area contributed by atoms with Gasteiger partial charge in [-0.15, -0.1) is 11.3 Å². The molecule has 0 saturated heterocycles. The first kappa shape index (κ1) is 26.0. The maximum absolute atomic E-state index is 13.4. The number of thioether (sulfide) groups is 1. The van der Waals surface area contributed by atoms with Crippen LogP contribution in [0.2, 0.25) is 5.02 Å². The van der Waals surface area contributed by atoms with Gasteiger partial charge < -0.3 is 17.3 Å². The van der Waals surface area contributed by atoms with Crippen LogP contribution in [-0.4, -0.2) is 11.6 Å². The van der Waals surface area contributed by atoms with Gasteiger partial charge in [0.1, 0.15) is 14.2 Å². The summed E-state index contributed by atoms with van der Waals surface area (Å²) in [5.74, 6) is 0. The Hall–Kier alpha value is -2.03. The maximum Gasteiger partial charge on any atom is 0.271 e. The van der Waals surface area contributed by atoms with Crippen molar-refractivity contribution in [3.8, 4) is 0 Å². The number of aromatic nitrogens is 2. The van der Waals surface area contributed by atoms with E-state index >= 15 is 0 Å². The second-order valence-corrected chi connectivity index (χ2v) is 11.6. The summed E-state index contributed by atoms with van der Waals surface area (Å²) in [5, 5.41) is 5.03. The fourth-order valence-electron chi connectivity index (χ4n) is 4.09. The number of aryl methyl sites for hydroxylation is 3. The van der Waals surface area contributed by atoms with Crippen molar-refractivity contribution in [1.29, 1.82) is 0 Å². The Morgan fingerprint density at radius 2 is 1.97 bits per heavy atom. The summed E-state index contributed by atoms with van der Waals surface area (Å²) < 4.78 is 5.90. The van der Waals surface area contributed by atoms with Gasteiger partial charge in [-0.2, -0.15) is 4.57 Å². The average Bonchev–Trinajstić information content (AvgIpc) is 3.49. The Labute approximate surface area is 228 Å². The van der Waals surface area contributed by atoms with Crippen LogP contribution < -0.4 is 36.6 Å². The van der Waals surface area contributed by atoms with Crippen molar-refractivity contribution in [2.24, 2.45) is 0 Å². The molecule has 0 unspecified atom stereocenters. The minimum Gasteiger partial charge on any atom is -1.00 e. The molecule has 35 heavy (non-hydrogen) atoms. The molecule has 182 valence electrons. The number of fused-ring (bicyclic) bond motifs is 1. The lowest BCUT2D eigenvalue weighted by Gasteiger charge is -2.12. The van der Waals surface area contributed by atoms with Crippen LogP contribution in [0.4, 0.5) is 5.69 Å². The Balaban J connectivity index is 0.00000289. The molecule has 0 spiro atoms. The Kier molecular flexibility index (Phi) is 8.13. The van der Waals surface area contributed by atoms with Gasteiger partial charge in [0, 0.05) is 29.9 Å². The predicted octanol–water partition coefficient (Wildman–Crippen LogP) is 1.62. The van der Waals surface area contributed by atoms with E-state index in [1.807, 2.05) is 36.7 Å². The lowest BCUT2D eigenvalue weighted by molar-refractivity contribution is -0.693. The summed E-state index contributed by atoms with van der Waals surface area (Å²) in [6.07, 6.45) is 5.10. The lowest BCUT2D eigenvalue weighted by atomic mass is 10.1. The van der Waals surface area contributed by atoms with Crippen LogP contribution in [0.3, 0.4) is 0 Å². The minimum absolute atomic E-state index is 0. The molecule has 4 nitrogen and oxygen atoms in total. The van der Waals surface area contributed by atoms with Gasteiger partial charge in [-0.25, -0.2) is 0 Å². The Bertz CT molecular complexity index is 1550. The van der Waals surface area contributed by atoms with E-state index in [4.69, 9.17) is 11.6 Å². The molecule has 0 saturated carbocycles. The number of benzene rings is 2. The van der Waals surface area contributed by atoms with Crippen LogP contribution in [0.25, 0.3) is 11.1 Å². The van der Waals surface area contributed by atoms with Gasteiger partial charge in [0.05, 0.1) is 17.1 Å². The van der Waals surface area contributed by atoms with Crippen LogP contribution in [0.1, 0.15) is 23.1 Å². The van der Waals surface area contributed by atoms with Crippen LogP contribution in [0, 0.1) is 6.92 Å². The predicted molar refractivity (Wildman–Crippen MR) is 146 cm³/mol. The van der Waals surface area contributed by atoms with Crippen molar-refractivity contribution in [3.63, 3.8) is 0 Å². The fraction of sp³-hybridized carbons (Fsp3) is 0.231. The van der Waals surface area contributed by atoms with Crippen molar-refractivity contribution < 1.29 is 17.0 Å². The van der Waals surface area contributed by atoms with E-state index in [2.05, 4.69) is 58.3 Å². The van der Waals surface area contributed by atoms with Gasteiger partial charge in [0.15, 0.2) is 12.7 Å². The Morgan fingerprint density at radius 1 is 1.17 bits per heavy atom. The lowest BCUT2D eigenvalue weighted by Crippen LogP contribution is -3.00. The van der Waals surface area contributed by atoms with Gasteiger partial charge in [-0.05, 0) is 43.2 Å². The first-order chi connectivity index (χ1) is 16.5. The number of hydrogen-bond acceptors (Lipinski definition) is 5. The zero-order valence-corrected chi connectivity index (χ0v) is 23.6.